The van der Waals surface area contributed by atoms with Crippen molar-refractivity contribution in [2.75, 3.05) is 20.8 Å². The van der Waals surface area contributed by atoms with E-state index in [4.69, 9.17) is 14.2 Å². The van der Waals surface area contributed by atoms with Gasteiger partial charge in [0.05, 0.1) is 31.8 Å². The summed E-state index contributed by atoms with van der Waals surface area (Å²) in [5.41, 5.74) is 0. The number of rotatable bonds is 5. The summed E-state index contributed by atoms with van der Waals surface area (Å²) in [6.45, 7) is 2.62. The van der Waals surface area contributed by atoms with Gasteiger partial charge in [-0.1, -0.05) is 0 Å². The number of hydrogen-bond donors (Lipinski definition) is 0. The van der Waals surface area contributed by atoms with Gasteiger partial charge in [-0.25, -0.2) is 0 Å². The normalized spacial score (nSPS) is 27.4. The van der Waals surface area contributed by atoms with Crippen molar-refractivity contribution >= 4 is 5.97 Å². The summed E-state index contributed by atoms with van der Waals surface area (Å²) >= 11 is 0. The molecule has 0 heterocycles. The molecule has 0 bridgehead atoms. The lowest BCUT2D eigenvalue weighted by Gasteiger charge is -2.27. The van der Waals surface area contributed by atoms with Gasteiger partial charge in [0.1, 0.15) is 0 Å². The summed E-state index contributed by atoms with van der Waals surface area (Å²) in [6.07, 6.45) is 4.04. The van der Waals surface area contributed by atoms with Crippen LogP contribution in [0.15, 0.2) is 0 Å². The van der Waals surface area contributed by atoms with Crippen LogP contribution in [0, 0.1) is 5.92 Å². The number of carbonyl (C=O) groups is 1. The Morgan fingerprint density at radius 3 is 2.38 bits per heavy atom. The number of methoxy groups -OCH3 is 2. The van der Waals surface area contributed by atoms with E-state index < -0.39 is 0 Å². The Hall–Kier alpha value is -0.610. The van der Waals surface area contributed by atoms with Crippen LogP contribution in [0.25, 0.3) is 0 Å². The maximum absolute atomic E-state index is 11.3. The molecule has 1 atom stereocenters. The Balaban J connectivity index is 2.19. The Bertz CT molecular complexity index is 209. The molecule has 94 valence electrons. The maximum Gasteiger partial charge on any atom is 0.308 e. The first-order valence-corrected chi connectivity index (χ1v) is 5.89. The van der Waals surface area contributed by atoms with Crippen LogP contribution in [0.2, 0.25) is 0 Å². The Kier molecular flexibility index (Phi) is 5.77. The highest BCUT2D eigenvalue weighted by Gasteiger charge is 2.27. The van der Waals surface area contributed by atoms with Crippen LogP contribution in [-0.2, 0) is 19.0 Å². The predicted octanol–water partition coefficient (Wildman–Crippen LogP) is 1.77. The van der Waals surface area contributed by atoms with Crippen LogP contribution in [0.5, 0.6) is 0 Å². The van der Waals surface area contributed by atoms with Gasteiger partial charge in [-0.2, -0.15) is 0 Å². The van der Waals surface area contributed by atoms with Crippen molar-refractivity contribution in [1.82, 2.24) is 0 Å². The highest BCUT2D eigenvalue weighted by molar-refractivity contribution is 5.72. The lowest BCUT2D eigenvalue weighted by atomic mass is 9.87. The van der Waals surface area contributed by atoms with Gasteiger partial charge in [0, 0.05) is 7.11 Å². The molecule has 1 fully saturated rings. The molecule has 0 aromatic carbocycles. The van der Waals surface area contributed by atoms with Crippen LogP contribution < -0.4 is 0 Å². The van der Waals surface area contributed by atoms with Gasteiger partial charge >= 0.3 is 5.97 Å². The molecule has 0 amide bonds. The van der Waals surface area contributed by atoms with E-state index in [1.54, 1.807) is 7.11 Å². The summed E-state index contributed by atoms with van der Waals surface area (Å²) in [6, 6.07) is 0. The summed E-state index contributed by atoms with van der Waals surface area (Å²) in [7, 11) is 3.13. The standard InChI is InChI=1S/C12H22O4/c1-9(14-2)8-16-11-6-4-10(5-7-11)12(13)15-3/h9-11H,4-8H2,1-3H3. The second kappa shape index (κ2) is 6.86. The molecule has 1 aliphatic rings. The molecule has 1 saturated carbocycles. The Morgan fingerprint density at radius 2 is 1.88 bits per heavy atom. The summed E-state index contributed by atoms with van der Waals surface area (Å²) < 4.78 is 15.6. The van der Waals surface area contributed by atoms with Gasteiger partial charge in [-0.05, 0) is 32.6 Å². The van der Waals surface area contributed by atoms with Crippen molar-refractivity contribution in [3.63, 3.8) is 0 Å². The van der Waals surface area contributed by atoms with E-state index in [2.05, 4.69) is 0 Å². The predicted molar refractivity (Wildman–Crippen MR) is 60.2 cm³/mol. The third-order valence-corrected chi connectivity index (χ3v) is 3.18. The average Bonchev–Trinajstić information content (AvgIpc) is 2.35. The highest BCUT2D eigenvalue weighted by atomic mass is 16.5. The van der Waals surface area contributed by atoms with E-state index in [1.165, 1.54) is 7.11 Å². The van der Waals surface area contributed by atoms with Gasteiger partial charge in [-0.15, -0.1) is 0 Å². The quantitative estimate of drug-likeness (QED) is 0.675. The first-order valence-electron chi connectivity index (χ1n) is 5.89. The smallest absolute Gasteiger partial charge is 0.308 e. The minimum atomic E-state index is -0.0799. The number of carbonyl (C=O) groups excluding carboxylic acids is 1. The molecule has 0 radical (unpaired) electrons. The Morgan fingerprint density at radius 1 is 1.25 bits per heavy atom. The van der Waals surface area contributed by atoms with Crippen LogP contribution >= 0.6 is 0 Å². The second-order valence-corrected chi connectivity index (χ2v) is 4.38. The van der Waals surface area contributed by atoms with E-state index >= 15 is 0 Å². The fourth-order valence-electron chi connectivity index (χ4n) is 1.97. The fraction of sp³-hybridized carbons (Fsp3) is 0.917. The van der Waals surface area contributed by atoms with Gasteiger partial charge in [-0.3, -0.25) is 4.79 Å². The third kappa shape index (κ3) is 4.10. The molecule has 0 aromatic rings. The third-order valence-electron chi connectivity index (χ3n) is 3.18. The minimum Gasteiger partial charge on any atom is -0.469 e. The lowest BCUT2D eigenvalue weighted by molar-refractivity contribution is -0.147. The van der Waals surface area contributed by atoms with Crippen molar-refractivity contribution in [3.05, 3.63) is 0 Å². The minimum absolute atomic E-state index is 0.0738. The number of esters is 1. The van der Waals surface area contributed by atoms with Crippen LogP contribution in [0.3, 0.4) is 0 Å². The fourth-order valence-corrected chi connectivity index (χ4v) is 1.97. The first-order chi connectivity index (χ1) is 7.67. The summed E-state index contributed by atoms with van der Waals surface area (Å²) in [5, 5.41) is 0. The molecule has 0 aromatic heterocycles. The zero-order chi connectivity index (χ0) is 12.0. The van der Waals surface area contributed by atoms with E-state index in [0.29, 0.717) is 6.61 Å². The molecular weight excluding hydrogens is 208 g/mol. The first kappa shape index (κ1) is 13.5. The zero-order valence-electron chi connectivity index (χ0n) is 10.4. The average molecular weight is 230 g/mol. The van der Waals surface area contributed by atoms with Gasteiger partial charge in [0.15, 0.2) is 0 Å². The van der Waals surface area contributed by atoms with Crippen molar-refractivity contribution in [2.24, 2.45) is 5.92 Å². The number of hydrogen-bond acceptors (Lipinski definition) is 4. The molecule has 1 unspecified atom stereocenters. The topological polar surface area (TPSA) is 44.8 Å². The molecule has 4 nitrogen and oxygen atoms in total. The van der Waals surface area contributed by atoms with E-state index in [0.717, 1.165) is 25.7 Å². The molecule has 0 spiro atoms. The van der Waals surface area contributed by atoms with Crippen molar-refractivity contribution < 1.29 is 19.0 Å². The van der Waals surface area contributed by atoms with Crippen molar-refractivity contribution in [2.45, 2.75) is 44.8 Å². The van der Waals surface area contributed by atoms with Gasteiger partial charge < -0.3 is 14.2 Å². The van der Waals surface area contributed by atoms with Crippen LogP contribution in [-0.4, -0.2) is 39.0 Å². The largest absolute Gasteiger partial charge is 0.469 e. The molecule has 16 heavy (non-hydrogen) atoms. The van der Waals surface area contributed by atoms with E-state index in [-0.39, 0.29) is 24.1 Å². The molecular formula is C12H22O4. The van der Waals surface area contributed by atoms with Crippen LogP contribution in [0.4, 0.5) is 0 Å². The van der Waals surface area contributed by atoms with E-state index in [1.807, 2.05) is 6.92 Å². The Labute approximate surface area is 97.2 Å². The van der Waals surface area contributed by atoms with Gasteiger partial charge in [0.25, 0.3) is 0 Å². The van der Waals surface area contributed by atoms with Crippen molar-refractivity contribution in [3.8, 4) is 0 Å². The molecule has 1 rings (SSSR count). The lowest BCUT2D eigenvalue weighted by Crippen LogP contribution is -2.29. The number of ether oxygens (including phenoxy) is 3. The molecule has 1 aliphatic carbocycles. The molecule has 0 saturated heterocycles. The summed E-state index contributed by atoms with van der Waals surface area (Å²) in [4.78, 5) is 11.3. The van der Waals surface area contributed by atoms with Crippen LogP contribution in [0.1, 0.15) is 32.6 Å². The maximum atomic E-state index is 11.3. The molecule has 0 N–H and O–H groups in total. The second-order valence-electron chi connectivity index (χ2n) is 4.38. The molecule has 4 heteroatoms. The van der Waals surface area contributed by atoms with E-state index in [9.17, 15) is 4.79 Å². The summed E-state index contributed by atoms with van der Waals surface area (Å²) in [5.74, 6) is -0.00610. The highest BCUT2D eigenvalue weighted by Crippen LogP contribution is 2.27. The van der Waals surface area contributed by atoms with Gasteiger partial charge in [0.2, 0.25) is 0 Å². The SMILES string of the molecule is COC(=O)C1CCC(OCC(C)OC)CC1. The molecule has 0 aliphatic heterocycles. The van der Waals surface area contributed by atoms with Crippen molar-refractivity contribution in [1.29, 1.82) is 0 Å². The monoisotopic (exact) mass is 230 g/mol. The zero-order valence-corrected chi connectivity index (χ0v) is 10.4.